The number of aromatic nitrogens is 3. The van der Waals surface area contributed by atoms with E-state index in [-0.39, 0.29) is 16.5 Å². The van der Waals surface area contributed by atoms with Crippen LogP contribution in [0.25, 0.3) is 22.0 Å². The molecule has 0 saturated carbocycles. The lowest BCUT2D eigenvalue weighted by atomic mass is 10.1. The highest BCUT2D eigenvalue weighted by Gasteiger charge is 2.17. The molecule has 2 aromatic heterocycles. The van der Waals surface area contributed by atoms with Crippen molar-refractivity contribution >= 4 is 62.3 Å². The van der Waals surface area contributed by atoms with E-state index in [9.17, 15) is 19.5 Å². The zero-order valence-corrected chi connectivity index (χ0v) is 17.8. The summed E-state index contributed by atoms with van der Waals surface area (Å²) in [4.78, 5) is 41.0. The van der Waals surface area contributed by atoms with Crippen molar-refractivity contribution in [2.45, 2.75) is 6.54 Å². The summed E-state index contributed by atoms with van der Waals surface area (Å²) in [5, 5.41) is 19.1. The van der Waals surface area contributed by atoms with Gasteiger partial charge in [-0.3, -0.25) is 9.59 Å². The van der Waals surface area contributed by atoms with Crippen molar-refractivity contribution in [3.63, 3.8) is 0 Å². The van der Waals surface area contributed by atoms with Crippen molar-refractivity contribution in [1.82, 2.24) is 14.8 Å². The second-order valence-corrected chi connectivity index (χ2v) is 8.05. The molecule has 0 aliphatic carbocycles. The number of nitrogens with zero attached hydrogens (tertiary/aromatic N) is 3. The molecule has 2 heterocycles. The number of benzene rings is 2. The van der Waals surface area contributed by atoms with Gasteiger partial charge in [-0.15, -0.1) is 11.3 Å². The summed E-state index contributed by atoms with van der Waals surface area (Å²) in [7, 11) is 0. The highest BCUT2D eigenvalue weighted by atomic mass is 35.5. The van der Waals surface area contributed by atoms with Crippen LogP contribution in [0.4, 0.5) is 5.13 Å². The number of rotatable bonds is 5. The van der Waals surface area contributed by atoms with Gasteiger partial charge in [0, 0.05) is 16.3 Å². The van der Waals surface area contributed by atoms with Gasteiger partial charge in [-0.25, -0.2) is 14.5 Å². The van der Waals surface area contributed by atoms with Gasteiger partial charge in [-0.05, 0) is 18.2 Å². The molecule has 0 spiro atoms. The van der Waals surface area contributed by atoms with Crippen LogP contribution >= 0.6 is 34.5 Å². The molecule has 156 valence electrons. The van der Waals surface area contributed by atoms with Crippen molar-refractivity contribution in [1.29, 1.82) is 0 Å². The third-order valence-corrected chi connectivity index (χ3v) is 5.83. The van der Waals surface area contributed by atoms with Gasteiger partial charge in [-0.2, -0.15) is 5.10 Å². The van der Waals surface area contributed by atoms with Crippen LogP contribution < -0.4 is 10.9 Å². The van der Waals surface area contributed by atoms with Crippen molar-refractivity contribution in [3.05, 3.63) is 73.9 Å². The minimum absolute atomic E-state index is 0.166. The number of carbonyl (C=O) groups is 2. The average molecular weight is 475 g/mol. The van der Waals surface area contributed by atoms with Crippen LogP contribution in [0.15, 0.2) is 52.6 Å². The molecule has 2 aromatic carbocycles. The number of carboxylic acid groups (broad SMARTS) is 1. The van der Waals surface area contributed by atoms with E-state index in [0.29, 0.717) is 20.9 Å². The Bertz CT molecular complexity index is 1400. The maximum absolute atomic E-state index is 12.6. The molecule has 0 bridgehead atoms. The first kappa shape index (κ1) is 21.0. The molecule has 0 aliphatic heterocycles. The van der Waals surface area contributed by atoms with E-state index >= 15 is 0 Å². The van der Waals surface area contributed by atoms with Gasteiger partial charge in [-0.1, -0.05) is 47.5 Å². The van der Waals surface area contributed by atoms with E-state index in [4.69, 9.17) is 23.2 Å². The molecule has 0 aliphatic rings. The minimum atomic E-state index is -1.29. The van der Waals surface area contributed by atoms with E-state index in [0.717, 1.165) is 10.2 Å². The average Bonchev–Trinajstić information content (AvgIpc) is 3.20. The van der Waals surface area contributed by atoms with Crippen LogP contribution in [0.2, 0.25) is 10.0 Å². The Morgan fingerprint density at radius 2 is 1.84 bits per heavy atom. The van der Waals surface area contributed by atoms with Gasteiger partial charge in [0.25, 0.3) is 5.56 Å². The van der Waals surface area contributed by atoms with E-state index in [1.807, 2.05) is 0 Å². The number of carboxylic acids is 1. The molecule has 0 saturated heterocycles. The number of amides is 1. The molecule has 0 fully saturated rings. The predicted molar refractivity (Wildman–Crippen MR) is 119 cm³/mol. The Morgan fingerprint density at radius 3 is 2.55 bits per heavy atom. The molecule has 0 atom stereocenters. The Hall–Kier alpha value is -3.27. The predicted octanol–water partition coefficient (Wildman–Crippen LogP) is 4.16. The van der Waals surface area contributed by atoms with E-state index in [2.05, 4.69) is 15.4 Å². The number of hydrogen-bond donors (Lipinski definition) is 2. The smallest absolute Gasteiger partial charge is 0.357 e. The number of halogens is 2. The van der Waals surface area contributed by atoms with Crippen LogP contribution in [0, 0.1) is 0 Å². The number of aromatic carboxylic acids is 1. The Kier molecular flexibility index (Phi) is 5.73. The molecule has 0 radical (unpaired) electrons. The third kappa shape index (κ3) is 4.29. The first-order chi connectivity index (χ1) is 14.8. The van der Waals surface area contributed by atoms with Gasteiger partial charge < -0.3 is 10.4 Å². The van der Waals surface area contributed by atoms with E-state index in [1.165, 1.54) is 23.5 Å². The quantitative estimate of drug-likeness (QED) is 0.448. The van der Waals surface area contributed by atoms with Crippen LogP contribution in [0.3, 0.4) is 0 Å². The monoisotopic (exact) mass is 474 g/mol. The summed E-state index contributed by atoms with van der Waals surface area (Å²) in [5.41, 5.74) is 0.447. The van der Waals surface area contributed by atoms with Crippen LogP contribution in [-0.4, -0.2) is 31.7 Å². The highest BCUT2D eigenvalue weighted by molar-refractivity contribution is 7.14. The van der Waals surface area contributed by atoms with Crippen molar-refractivity contribution in [3.8, 4) is 11.3 Å². The number of fused-ring (bicyclic) bond motifs is 1. The highest BCUT2D eigenvalue weighted by Crippen LogP contribution is 2.30. The van der Waals surface area contributed by atoms with Crippen molar-refractivity contribution in [2.24, 2.45) is 0 Å². The molecule has 4 rings (SSSR count). The lowest BCUT2D eigenvalue weighted by Crippen LogP contribution is -2.31. The summed E-state index contributed by atoms with van der Waals surface area (Å²) in [6.45, 7) is -0.467. The second kappa shape index (κ2) is 8.46. The van der Waals surface area contributed by atoms with Gasteiger partial charge in [0.05, 0.1) is 21.1 Å². The standard InChI is InChI=1S/C20H12Cl2N4O4S/c21-13-6-5-10(7-14(13)22)15-9-31-20(23-15)24-16(27)8-26-18(28)12-4-2-1-3-11(12)17(25-26)19(29)30/h1-7,9H,8H2,(H,29,30)(H,23,24,27). The number of thiazole rings is 1. The molecule has 31 heavy (non-hydrogen) atoms. The first-order valence-electron chi connectivity index (χ1n) is 8.77. The lowest BCUT2D eigenvalue weighted by molar-refractivity contribution is -0.117. The molecular formula is C20H12Cl2N4O4S. The molecule has 8 nitrogen and oxygen atoms in total. The normalized spacial score (nSPS) is 10.9. The molecule has 11 heteroatoms. The maximum Gasteiger partial charge on any atom is 0.357 e. The molecule has 2 N–H and O–H groups in total. The molecular weight excluding hydrogens is 463 g/mol. The topological polar surface area (TPSA) is 114 Å². The summed E-state index contributed by atoms with van der Waals surface area (Å²) in [6.07, 6.45) is 0. The van der Waals surface area contributed by atoms with E-state index in [1.54, 1.807) is 35.7 Å². The van der Waals surface area contributed by atoms with E-state index < -0.39 is 24.0 Å². The summed E-state index contributed by atoms with van der Waals surface area (Å²) in [6, 6.07) is 11.3. The van der Waals surface area contributed by atoms with Crippen molar-refractivity contribution < 1.29 is 14.7 Å². The number of nitrogens with one attached hydrogen (secondary N) is 1. The van der Waals surface area contributed by atoms with Crippen LogP contribution in [0.5, 0.6) is 0 Å². The molecule has 4 aromatic rings. The van der Waals surface area contributed by atoms with Gasteiger partial charge in [0.2, 0.25) is 5.91 Å². The summed E-state index contributed by atoms with van der Waals surface area (Å²) < 4.78 is 0.828. The molecule has 0 unspecified atom stereocenters. The second-order valence-electron chi connectivity index (χ2n) is 6.38. The Labute approximate surface area is 188 Å². The number of hydrogen-bond acceptors (Lipinski definition) is 6. The first-order valence-corrected chi connectivity index (χ1v) is 10.4. The maximum atomic E-state index is 12.6. The SMILES string of the molecule is O=C(Cn1nc(C(=O)O)c2ccccc2c1=O)Nc1nc(-c2ccc(Cl)c(Cl)c2)cs1. The fraction of sp³-hybridized carbons (Fsp3) is 0.0500. The number of carbonyl (C=O) groups excluding carboxylic acids is 1. The van der Waals surface area contributed by atoms with Crippen LogP contribution in [-0.2, 0) is 11.3 Å². The lowest BCUT2D eigenvalue weighted by Gasteiger charge is -2.08. The largest absolute Gasteiger partial charge is 0.476 e. The Morgan fingerprint density at radius 1 is 1.10 bits per heavy atom. The van der Waals surface area contributed by atoms with Crippen LogP contribution in [0.1, 0.15) is 10.5 Å². The summed E-state index contributed by atoms with van der Waals surface area (Å²) in [5.74, 6) is -1.87. The van der Waals surface area contributed by atoms with Gasteiger partial charge >= 0.3 is 5.97 Å². The minimum Gasteiger partial charge on any atom is -0.476 e. The van der Waals surface area contributed by atoms with Gasteiger partial charge in [0.1, 0.15) is 6.54 Å². The zero-order chi connectivity index (χ0) is 22.1. The van der Waals surface area contributed by atoms with Crippen molar-refractivity contribution in [2.75, 3.05) is 5.32 Å². The van der Waals surface area contributed by atoms with Gasteiger partial charge in [0.15, 0.2) is 10.8 Å². The third-order valence-electron chi connectivity index (χ3n) is 4.33. The summed E-state index contributed by atoms with van der Waals surface area (Å²) >= 11 is 13.1. The Balaban J connectivity index is 1.57. The molecule has 1 amide bonds. The fourth-order valence-corrected chi connectivity index (χ4v) is 3.95. The zero-order valence-electron chi connectivity index (χ0n) is 15.5. The number of anilines is 1. The fourth-order valence-electron chi connectivity index (χ4n) is 2.91.